The first-order valence-corrected chi connectivity index (χ1v) is 10.7. The summed E-state index contributed by atoms with van der Waals surface area (Å²) in [7, 11) is 0. The molecule has 7 heteroatoms. The Morgan fingerprint density at radius 3 is 2.68 bits per heavy atom. The van der Waals surface area contributed by atoms with Gasteiger partial charge in [-0.25, -0.2) is 9.67 Å². The Hall–Kier alpha value is -3.09. The maximum absolute atomic E-state index is 13.3. The number of hydrogen-bond acceptors (Lipinski definition) is 5. The van der Waals surface area contributed by atoms with Crippen molar-refractivity contribution in [1.82, 2.24) is 20.1 Å². The summed E-state index contributed by atoms with van der Waals surface area (Å²) in [6.07, 6.45) is 0. The molecule has 31 heavy (non-hydrogen) atoms. The quantitative estimate of drug-likeness (QED) is 0.677. The van der Waals surface area contributed by atoms with E-state index in [1.807, 2.05) is 35.9 Å². The van der Waals surface area contributed by atoms with E-state index in [0.29, 0.717) is 36.8 Å². The number of nitrogens with one attached hydrogen (secondary N) is 1. The highest BCUT2D eigenvalue weighted by atomic mass is 16.6. The highest BCUT2D eigenvalue weighted by Gasteiger charge is 2.25. The van der Waals surface area contributed by atoms with Gasteiger partial charge in [0.25, 0.3) is 5.91 Å². The zero-order valence-electron chi connectivity index (χ0n) is 19.1. The summed E-state index contributed by atoms with van der Waals surface area (Å²) >= 11 is 0. The molecule has 0 saturated carbocycles. The van der Waals surface area contributed by atoms with Gasteiger partial charge in [0.1, 0.15) is 13.2 Å². The second-order valence-corrected chi connectivity index (χ2v) is 9.24. The van der Waals surface area contributed by atoms with Crippen molar-refractivity contribution in [3.05, 3.63) is 46.8 Å². The Morgan fingerprint density at radius 1 is 1.23 bits per heavy atom. The number of carbonyl (C=O) groups is 1. The van der Waals surface area contributed by atoms with Crippen molar-refractivity contribution in [3.8, 4) is 11.5 Å². The smallest absolute Gasteiger partial charge is 0.252 e. The van der Waals surface area contributed by atoms with Gasteiger partial charge in [0, 0.05) is 17.8 Å². The van der Waals surface area contributed by atoms with Crippen LogP contribution in [0.5, 0.6) is 11.5 Å². The molecule has 0 atom stereocenters. The molecule has 7 nitrogen and oxygen atoms in total. The summed E-state index contributed by atoms with van der Waals surface area (Å²) in [5.74, 6) is 1.45. The molecule has 0 spiro atoms. The van der Waals surface area contributed by atoms with Gasteiger partial charge in [-0.15, -0.1) is 0 Å². The van der Waals surface area contributed by atoms with Crippen LogP contribution in [0.1, 0.15) is 67.8 Å². The standard InChI is InChI=1S/C24H30N4O3/c1-14(2)18-12-17(20-15(3)27-28(22(20)26-18)24(4,5)6)23(29)25-13-16-8-7-9-19-21(16)31-11-10-30-19/h7-9,12,14H,10-11,13H2,1-6H3,(H,25,29). The fraction of sp³-hybridized carbons (Fsp3) is 0.458. The zero-order chi connectivity index (χ0) is 22.3. The van der Waals surface area contributed by atoms with Crippen LogP contribution in [0.3, 0.4) is 0 Å². The minimum Gasteiger partial charge on any atom is -0.486 e. The van der Waals surface area contributed by atoms with Crippen LogP contribution in [0.4, 0.5) is 0 Å². The third-order valence-electron chi connectivity index (χ3n) is 5.39. The van der Waals surface area contributed by atoms with Gasteiger partial charge in [-0.05, 0) is 45.7 Å². The van der Waals surface area contributed by atoms with Crippen molar-refractivity contribution in [3.63, 3.8) is 0 Å². The average Bonchev–Trinajstić information content (AvgIpc) is 3.08. The number of hydrogen-bond donors (Lipinski definition) is 1. The fourth-order valence-corrected chi connectivity index (χ4v) is 3.79. The molecule has 1 aliphatic heterocycles. The Balaban J connectivity index is 1.72. The number of ether oxygens (including phenoxy) is 2. The Kier molecular flexibility index (Phi) is 5.37. The normalized spacial score (nSPS) is 13.6. The molecular weight excluding hydrogens is 392 g/mol. The van der Waals surface area contributed by atoms with E-state index in [-0.39, 0.29) is 17.4 Å². The monoisotopic (exact) mass is 422 g/mol. The zero-order valence-corrected chi connectivity index (χ0v) is 19.1. The van der Waals surface area contributed by atoms with E-state index in [1.165, 1.54) is 0 Å². The molecule has 0 aliphatic carbocycles. The number of pyridine rings is 1. The highest BCUT2D eigenvalue weighted by molar-refractivity contribution is 6.06. The van der Waals surface area contributed by atoms with Crippen LogP contribution >= 0.6 is 0 Å². The van der Waals surface area contributed by atoms with Gasteiger partial charge in [0.2, 0.25) is 0 Å². The van der Waals surface area contributed by atoms with E-state index < -0.39 is 0 Å². The number of carbonyl (C=O) groups excluding carboxylic acids is 1. The number of amides is 1. The molecule has 4 rings (SSSR count). The molecule has 3 heterocycles. The molecule has 0 fully saturated rings. The van der Waals surface area contributed by atoms with E-state index in [4.69, 9.17) is 19.6 Å². The summed E-state index contributed by atoms with van der Waals surface area (Å²) in [6, 6.07) is 7.63. The maximum atomic E-state index is 13.3. The number of aromatic nitrogens is 3. The Bertz CT molecular complexity index is 1140. The van der Waals surface area contributed by atoms with Crippen molar-refractivity contribution >= 4 is 16.9 Å². The van der Waals surface area contributed by atoms with Crippen LogP contribution in [0.2, 0.25) is 0 Å². The number of benzene rings is 1. The van der Waals surface area contributed by atoms with Gasteiger partial charge in [-0.2, -0.15) is 5.10 Å². The number of aryl methyl sites for hydroxylation is 1. The Morgan fingerprint density at radius 2 is 1.97 bits per heavy atom. The van der Waals surface area contributed by atoms with Gasteiger partial charge in [-0.1, -0.05) is 26.0 Å². The van der Waals surface area contributed by atoms with Gasteiger partial charge in [-0.3, -0.25) is 4.79 Å². The molecule has 0 bridgehead atoms. The van der Waals surface area contributed by atoms with Gasteiger partial charge < -0.3 is 14.8 Å². The highest BCUT2D eigenvalue weighted by Crippen LogP contribution is 2.34. The second kappa shape index (κ2) is 7.87. The van der Waals surface area contributed by atoms with E-state index >= 15 is 0 Å². The Labute approximate surface area is 182 Å². The minimum atomic E-state index is -0.247. The van der Waals surface area contributed by atoms with Crippen LogP contribution < -0.4 is 14.8 Å². The fourth-order valence-electron chi connectivity index (χ4n) is 3.79. The van der Waals surface area contributed by atoms with E-state index in [9.17, 15) is 4.79 Å². The molecular formula is C24H30N4O3. The minimum absolute atomic E-state index is 0.153. The summed E-state index contributed by atoms with van der Waals surface area (Å²) in [4.78, 5) is 18.2. The summed E-state index contributed by atoms with van der Waals surface area (Å²) in [6.45, 7) is 13.7. The largest absolute Gasteiger partial charge is 0.486 e. The van der Waals surface area contributed by atoms with Crippen molar-refractivity contribution in [2.75, 3.05) is 13.2 Å². The molecule has 1 amide bonds. The molecule has 2 aromatic heterocycles. The van der Waals surface area contributed by atoms with Crippen LogP contribution in [0.15, 0.2) is 24.3 Å². The third-order valence-corrected chi connectivity index (χ3v) is 5.39. The predicted molar refractivity (Wildman–Crippen MR) is 120 cm³/mol. The van der Waals surface area contributed by atoms with E-state index in [2.05, 4.69) is 39.9 Å². The van der Waals surface area contributed by atoms with Crippen LogP contribution in [-0.2, 0) is 12.1 Å². The average molecular weight is 423 g/mol. The van der Waals surface area contributed by atoms with E-state index in [1.54, 1.807) is 0 Å². The second-order valence-electron chi connectivity index (χ2n) is 9.24. The lowest BCUT2D eigenvalue weighted by Gasteiger charge is -2.21. The molecule has 0 unspecified atom stereocenters. The lowest BCUT2D eigenvalue weighted by atomic mass is 10.0. The molecule has 1 aromatic carbocycles. The molecule has 1 N–H and O–H groups in total. The van der Waals surface area contributed by atoms with E-state index in [0.717, 1.165) is 28.0 Å². The summed E-state index contributed by atoms with van der Waals surface area (Å²) in [5.41, 5.74) is 3.66. The topological polar surface area (TPSA) is 78.3 Å². The SMILES string of the molecule is Cc1nn(C(C)(C)C)c2nc(C(C)C)cc(C(=O)NCc3cccc4c3OCCO4)c12. The molecule has 164 valence electrons. The third kappa shape index (κ3) is 3.96. The maximum Gasteiger partial charge on any atom is 0.252 e. The number of para-hydroxylation sites is 1. The van der Waals surface area contributed by atoms with Crippen molar-refractivity contribution in [1.29, 1.82) is 0 Å². The lowest BCUT2D eigenvalue weighted by molar-refractivity contribution is 0.0951. The van der Waals surface area contributed by atoms with Crippen LogP contribution in [0, 0.1) is 6.92 Å². The lowest BCUT2D eigenvalue weighted by Crippen LogP contribution is -2.26. The van der Waals surface area contributed by atoms with Gasteiger partial charge in [0.05, 0.1) is 22.2 Å². The van der Waals surface area contributed by atoms with Crippen LogP contribution in [-0.4, -0.2) is 33.9 Å². The van der Waals surface area contributed by atoms with Crippen molar-refractivity contribution in [2.45, 2.75) is 59.5 Å². The molecule has 0 radical (unpaired) electrons. The number of nitrogens with zero attached hydrogens (tertiary/aromatic N) is 3. The summed E-state index contributed by atoms with van der Waals surface area (Å²) in [5, 5.41) is 8.58. The first kappa shape index (κ1) is 21.2. The predicted octanol–water partition coefficient (Wildman–Crippen LogP) is 4.32. The number of rotatable bonds is 4. The molecule has 0 saturated heterocycles. The van der Waals surface area contributed by atoms with Crippen LogP contribution in [0.25, 0.3) is 11.0 Å². The van der Waals surface area contributed by atoms with Crippen molar-refractivity contribution in [2.24, 2.45) is 0 Å². The first-order chi connectivity index (χ1) is 14.7. The number of fused-ring (bicyclic) bond motifs is 2. The molecule has 1 aliphatic rings. The van der Waals surface area contributed by atoms with Gasteiger partial charge >= 0.3 is 0 Å². The first-order valence-electron chi connectivity index (χ1n) is 10.7. The summed E-state index contributed by atoms with van der Waals surface area (Å²) < 4.78 is 13.3. The van der Waals surface area contributed by atoms with Crippen molar-refractivity contribution < 1.29 is 14.3 Å². The molecule has 3 aromatic rings. The van der Waals surface area contributed by atoms with Gasteiger partial charge in [0.15, 0.2) is 17.1 Å².